The molecule has 1 rings (SSSR count). The quantitative estimate of drug-likeness (QED) is 0.722. The summed E-state index contributed by atoms with van der Waals surface area (Å²) in [5, 5.41) is 13.2. The van der Waals surface area contributed by atoms with Crippen molar-refractivity contribution in [2.24, 2.45) is 5.92 Å². The number of aliphatic hydroxyl groups excluding tert-OH is 1. The summed E-state index contributed by atoms with van der Waals surface area (Å²) >= 11 is 0. The van der Waals surface area contributed by atoms with E-state index in [2.05, 4.69) is 19.2 Å². The highest BCUT2D eigenvalue weighted by atomic mass is 32.2. The summed E-state index contributed by atoms with van der Waals surface area (Å²) in [6.45, 7) is 5.75. The first-order chi connectivity index (χ1) is 9.30. The minimum absolute atomic E-state index is 0.276. The maximum absolute atomic E-state index is 11.3. The van der Waals surface area contributed by atoms with Gasteiger partial charge in [0.15, 0.2) is 9.84 Å². The van der Waals surface area contributed by atoms with Crippen LogP contribution in [0.25, 0.3) is 0 Å². The number of hydrogen-bond acceptors (Lipinski definition) is 4. The Morgan fingerprint density at radius 3 is 2.30 bits per heavy atom. The number of benzene rings is 1. The molecule has 0 saturated carbocycles. The van der Waals surface area contributed by atoms with Gasteiger partial charge in [0.25, 0.3) is 0 Å². The Labute approximate surface area is 122 Å². The molecule has 1 unspecified atom stereocenters. The highest BCUT2D eigenvalue weighted by molar-refractivity contribution is 7.90. The van der Waals surface area contributed by atoms with Gasteiger partial charge in [-0.1, -0.05) is 26.0 Å². The normalized spacial score (nSPS) is 13.7. The maximum Gasteiger partial charge on any atom is 0.175 e. The van der Waals surface area contributed by atoms with Crippen molar-refractivity contribution >= 4 is 9.84 Å². The number of sulfone groups is 1. The molecule has 0 bridgehead atoms. The van der Waals surface area contributed by atoms with Crippen LogP contribution in [0.4, 0.5) is 0 Å². The van der Waals surface area contributed by atoms with Crippen LogP contribution in [-0.4, -0.2) is 32.9 Å². The maximum atomic E-state index is 11.3. The predicted molar refractivity (Wildman–Crippen MR) is 81.5 cm³/mol. The van der Waals surface area contributed by atoms with Crippen LogP contribution in [0.5, 0.6) is 0 Å². The van der Waals surface area contributed by atoms with E-state index in [1.807, 2.05) is 0 Å². The van der Waals surface area contributed by atoms with Crippen LogP contribution in [-0.2, 0) is 9.84 Å². The fourth-order valence-electron chi connectivity index (χ4n) is 1.93. The van der Waals surface area contributed by atoms with Crippen molar-refractivity contribution in [2.45, 2.75) is 37.7 Å². The van der Waals surface area contributed by atoms with Crippen LogP contribution in [0, 0.1) is 5.92 Å². The van der Waals surface area contributed by atoms with Crippen LogP contribution in [0.3, 0.4) is 0 Å². The molecule has 0 radical (unpaired) electrons. The number of hydrogen-bond donors (Lipinski definition) is 2. The average molecular weight is 299 g/mol. The van der Waals surface area contributed by atoms with Crippen LogP contribution >= 0.6 is 0 Å². The largest absolute Gasteiger partial charge is 0.387 e. The highest BCUT2D eigenvalue weighted by Crippen LogP contribution is 2.16. The number of aliphatic hydroxyl groups is 1. The summed E-state index contributed by atoms with van der Waals surface area (Å²) in [5.41, 5.74) is 0.730. The molecule has 114 valence electrons. The molecule has 5 heteroatoms. The molecule has 4 nitrogen and oxygen atoms in total. The monoisotopic (exact) mass is 299 g/mol. The average Bonchev–Trinajstić information content (AvgIpc) is 2.37. The van der Waals surface area contributed by atoms with E-state index in [0.717, 1.165) is 18.5 Å². The first-order valence-electron chi connectivity index (χ1n) is 6.99. The van der Waals surface area contributed by atoms with E-state index in [4.69, 9.17) is 0 Å². The minimum Gasteiger partial charge on any atom is -0.387 e. The first-order valence-corrected chi connectivity index (χ1v) is 8.88. The summed E-state index contributed by atoms with van der Waals surface area (Å²) in [6, 6.07) is 6.40. The van der Waals surface area contributed by atoms with Crippen molar-refractivity contribution < 1.29 is 13.5 Å². The molecular formula is C15H25NO3S. The third-order valence-corrected chi connectivity index (χ3v) is 4.29. The minimum atomic E-state index is -3.18. The Kier molecular flexibility index (Phi) is 6.65. The molecule has 0 fully saturated rings. The Hall–Kier alpha value is -0.910. The van der Waals surface area contributed by atoms with E-state index in [0.29, 0.717) is 12.5 Å². The summed E-state index contributed by atoms with van der Waals surface area (Å²) in [4.78, 5) is 0.276. The standard InChI is InChI=1S/C15H25NO3S/c1-12(2)5-4-10-16-11-15(17)13-6-8-14(9-7-13)20(3,18)19/h6-9,12,15-17H,4-5,10-11H2,1-3H3. The molecule has 2 N–H and O–H groups in total. The van der Waals surface area contributed by atoms with Gasteiger partial charge in [0.05, 0.1) is 11.0 Å². The smallest absolute Gasteiger partial charge is 0.175 e. The second-order valence-electron chi connectivity index (χ2n) is 5.60. The second-order valence-corrected chi connectivity index (χ2v) is 7.61. The second kappa shape index (κ2) is 7.76. The van der Waals surface area contributed by atoms with Gasteiger partial charge in [-0.25, -0.2) is 8.42 Å². The summed E-state index contributed by atoms with van der Waals surface area (Å²) in [6.07, 6.45) is 2.83. The van der Waals surface area contributed by atoms with Crippen LogP contribution in [0.2, 0.25) is 0 Å². The van der Waals surface area contributed by atoms with Gasteiger partial charge < -0.3 is 10.4 Å². The molecule has 0 aliphatic carbocycles. The van der Waals surface area contributed by atoms with Gasteiger partial charge in [-0.2, -0.15) is 0 Å². The van der Waals surface area contributed by atoms with Crippen LogP contribution in [0.15, 0.2) is 29.2 Å². The topological polar surface area (TPSA) is 66.4 Å². The van der Waals surface area contributed by atoms with Crippen LogP contribution < -0.4 is 5.32 Å². The molecule has 0 saturated heterocycles. The lowest BCUT2D eigenvalue weighted by molar-refractivity contribution is 0.174. The third kappa shape index (κ3) is 6.03. The van der Waals surface area contributed by atoms with E-state index >= 15 is 0 Å². The summed E-state index contributed by atoms with van der Waals surface area (Å²) < 4.78 is 22.7. The molecule has 0 aliphatic heterocycles. The van der Waals surface area contributed by atoms with Crippen molar-refractivity contribution in [1.29, 1.82) is 0 Å². The van der Waals surface area contributed by atoms with Crippen molar-refractivity contribution in [3.63, 3.8) is 0 Å². The summed E-state index contributed by atoms with van der Waals surface area (Å²) in [5.74, 6) is 0.699. The van der Waals surface area contributed by atoms with E-state index in [1.165, 1.54) is 24.8 Å². The fraction of sp³-hybridized carbons (Fsp3) is 0.600. The first kappa shape index (κ1) is 17.1. The van der Waals surface area contributed by atoms with Crippen LogP contribution in [0.1, 0.15) is 38.4 Å². The van der Waals surface area contributed by atoms with Gasteiger partial charge in [0, 0.05) is 12.8 Å². The van der Waals surface area contributed by atoms with Gasteiger partial charge in [-0.15, -0.1) is 0 Å². The van der Waals surface area contributed by atoms with Gasteiger partial charge in [0.2, 0.25) is 0 Å². The van der Waals surface area contributed by atoms with E-state index in [-0.39, 0.29) is 4.90 Å². The van der Waals surface area contributed by atoms with Gasteiger partial charge >= 0.3 is 0 Å². The molecule has 20 heavy (non-hydrogen) atoms. The molecule has 1 aromatic carbocycles. The lowest BCUT2D eigenvalue weighted by Gasteiger charge is -2.13. The Bertz CT molecular complexity index is 494. The Morgan fingerprint density at radius 1 is 1.20 bits per heavy atom. The van der Waals surface area contributed by atoms with E-state index in [9.17, 15) is 13.5 Å². The predicted octanol–water partition coefficient (Wildman–Crippen LogP) is 2.15. The molecule has 0 amide bonds. The fourth-order valence-corrected chi connectivity index (χ4v) is 2.56. The molecule has 0 aliphatic rings. The molecule has 0 aromatic heterocycles. The summed E-state index contributed by atoms with van der Waals surface area (Å²) in [7, 11) is -3.18. The zero-order valence-corrected chi connectivity index (χ0v) is 13.3. The lowest BCUT2D eigenvalue weighted by atomic mass is 10.1. The van der Waals surface area contributed by atoms with Gasteiger partial charge in [-0.3, -0.25) is 0 Å². The van der Waals surface area contributed by atoms with Crippen molar-refractivity contribution in [2.75, 3.05) is 19.3 Å². The molecule has 1 atom stereocenters. The van der Waals surface area contributed by atoms with Crippen molar-refractivity contribution in [3.8, 4) is 0 Å². The molecular weight excluding hydrogens is 274 g/mol. The number of rotatable bonds is 8. The molecule has 1 aromatic rings. The zero-order valence-electron chi connectivity index (χ0n) is 12.5. The highest BCUT2D eigenvalue weighted by Gasteiger charge is 2.10. The number of nitrogens with one attached hydrogen (secondary N) is 1. The van der Waals surface area contributed by atoms with E-state index in [1.54, 1.807) is 12.1 Å². The van der Waals surface area contributed by atoms with Gasteiger partial charge in [0.1, 0.15) is 0 Å². The van der Waals surface area contributed by atoms with Crippen molar-refractivity contribution in [3.05, 3.63) is 29.8 Å². The Balaban J connectivity index is 2.42. The van der Waals surface area contributed by atoms with Crippen molar-refractivity contribution in [1.82, 2.24) is 5.32 Å². The van der Waals surface area contributed by atoms with E-state index < -0.39 is 15.9 Å². The SMILES string of the molecule is CC(C)CCCNCC(O)c1ccc(S(C)(=O)=O)cc1. The van der Waals surface area contributed by atoms with Gasteiger partial charge in [-0.05, 0) is 43.0 Å². The molecule has 0 heterocycles. The lowest BCUT2D eigenvalue weighted by Crippen LogP contribution is -2.22. The zero-order chi connectivity index (χ0) is 15.2. The molecule has 0 spiro atoms. The third-order valence-electron chi connectivity index (χ3n) is 3.17. The Morgan fingerprint density at radius 2 is 1.80 bits per heavy atom.